The molecule has 3 nitrogen and oxygen atoms in total. The minimum atomic E-state index is 0.251. The summed E-state index contributed by atoms with van der Waals surface area (Å²) in [5, 5.41) is 0.781. The highest BCUT2D eigenvalue weighted by molar-refractivity contribution is 8.76. The molecular formula is C45H83N3S2. The van der Waals surface area contributed by atoms with Crippen LogP contribution in [0.3, 0.4) is 0 Å². The molecule has 4 aliphatic rings. The molecule has 4 aliphatic carbocycles. The van der Waals surface area contributed by atoms with E-state index < -0.39 is 0 Å². The lowest BCUT2D eigenvalue weighted by atomic mass is 9.47. The Morgan fingerprint density at radius 1 is 0.880 bits per heavy atom. The van der Waals surface area contributed by atoms with Gasteiger partial charge >= 0.3 is 0 Å². The molecule has 0 bridgehead atoms. The van der Waals surface area contributed by atoms with Crippen molar-refractivity contribution in [3.63, 3.8) is 0 Å². The number of hydrogen-bond acceptors (Lipinski definition) is 5. The zero-order valence-corrected chi connectivity index (χ0v) is 35.8. The number of nitrogens with two attached hydrogens (primary N) is 2. The molecule has 10 unspecified atom stereocenters. The van der Waals surface area contributed by atoms with Crippen LogP contribution in [0, 0.1) is 46.3 Å². The molecule has 0 saturated heterocycles. The predicted octanol–water partition coefficient (Wildman–Crippen LogP) is 12.8. The molecule has 3 fully saturated rings. The number of fused-ring (bicyclic) bond motifs is 5. The first kappa shape index (κ1) is 42.6. The number of unbranched alkanes of at least 4 members (excludes halogenated alkanes) is 4. The minimum absolute atomic E-state index is 0.251. The van der Waals surface area contributed by atoms with Crippen LogP contribution in [0.1, 0.15) is 177 Å². The first-order valence-corrected chi connectivity index (χ1v) is 24.2. The standard InChI is InChI=1S/C45H83N3S2/c1-9-37(33(2)3)17-15-18-38-20-22-42-41-21-19-39-32-40(23-27-45(39,8)43(41)24-28-44(38,42)7)50-49-31-26-36(6)48(30-25-35(5)47)29-14-12-10-11-13-16-34(4)46/h19,33-35,37-38,40-43H,6,9-18,20-32,46-47H2,1-5,7-8H3. The molecule has 50 heavy (non-hydrogen) atoms. The maximum atomic E-state index is 6.16. The lowest BCUT2D eigenvalue weighted by Gasteiger charge is -2.58. The lowest BCUT2D eigenvalue weighted by Crippen LogP contribution is -2.50. The van der Waals surface area contributed by atoms with Crippen molar-refractivity contribution in [3.8, 4) is 0 Å². The van der Waals surface area contributed by atoms with E-state index in [-0.39, 0.29) is 6.04 Å². The molecule has 5 heteroatoms. The number of allylic oxidation sites excluding steroid dienone is 3. The number of hydrogen-bond donors (Lipinski definition) is 2. The molecule has 290 valence electrons. The lowest BCUT2D eigenvalue weighted by molar-refractivity contribution is -0.0423. The van der Waals surface area contributed by atoms with Crippen LogP contribution in [-0.4, -0.2) is 41.1 Å². The van der Waals surface area contributed by atoms with Crippen molar-refractivity contribution in [3.05, 3.63) is 23.9 Å². The van der Waals surface area contributed by atoms with Gasteiger partial charge in [-0.2, -0.15) is 0 Å². The third-order valence-electron chi connectivity index (χ3n) is 14.9. The van der Waals surface area contributed by atoms with Gasteiger partial charge in [-0.3, -0.25) is 0 Å². The average molecular weight is 730 g/mol. The molecule has 0 radical (unpaired) electrons. The second-order valence-corrected chi connectivity index (χ2v) is 21.6. The van der Waals surface area contributed by atoms with Gasteiger partial charge in [0, 0.05) is 41.9 Å². The summed E-state index contributed by atoms with van der Waals surface area (Å²) in [6, 6.07) is 0.594. The van der Waals surface area contributed by atoms with Crippen LogP contribution in [0.15, 0.2) is 23.9 Å². The van der Waals surface area contributed by atoms with Gasteiger partial charge in [-0.25, -0.2) is 0 Å². The zero-order chi connectivity index (χ0) is 36.3. The Kier molecular flexibility index (Phi) is 17.5. The number of rotatable bonds is 23. The summed E-state index contributed by atoms with van der Waals surface area (Å²) >= 11 is 0. The molecule has 4 rings (SSSR count). The highest BCUT2D eigenvalue weighted by Gasteiger charge is 2.58. The van der Waals surface area contributed by atoms with E-state index in [1.165, 1.54) is 121 Å². The van der Waals surface area contributed by atoms with Gasteiger partial charge in [0.1, 0.15) is 0 Å². The van der Waals surface area contributed by atoms with E-state index in [1.807, 2.05) is 5.57 Å². The smallest absolute Gasteiger partial charge is 0.0189 e. The van der Waals surface area contributed by atoms with E-state index in [0.717, 1.165) is 73.1 Å². The summed E-state index contributed by atoms with van der Waals surface area (Å²) in [6.07, 6.45) is 29.9. The monoisotopic (exact) mass is 730 g/mol. The Balaban J connectivity index is 1.20. The van der Waals surface area contributed by atoms with Crippen LogP contribution in [0.5, 0.6) is 0 Å². The maximum Gasteiger partial charge on any atom is 0.0189 e. The van der Waals surface area contributed by atoms with Gasteiger partial charge in [-0.15, -0.1) is 0 Å². The van der Waals surface area contributed by atoms with Gasteiger partial charge in [0.2, 0.25) is 0 Å². The summed E-state index contributed by atoms with van der Waals surface area (Å²) in [7, 11) is 4.32. The van der Waals surface area contributed by atoms with E-state index in [0.29, 0.717) is 16.9 Å². The Labute approximate surface area is 319 Å². The molecule has 10 atom stereocenters. The molecule has 4 N–H and O–H groups in total. The first-order valence-electron chi connectivity index (χ1n) is 21.8. The van der Waals surface area contributed by atoms with Gasteiger partial charge in [0.25, 0.3) is 0 Å². The highest BCUT2D eigenvalue weighted by Crippen LogP contribution is 2.67. The van der Waals surface area contributed by atoms with Gasteiger partial charge in [0.05, 0.1) is 0 Å². The molecule has 0 amide bonds. The number of nitrogens with zero attached hydrogens (tertiary/aromatic N) is 1. The Hall–Kier alpha value is -0.100. The van der Waals surface area contributed by atoms with Crippen LogP contribution >= 0.6 is 21.6 Å². The Morgan fingerprint density at radius 3 is 2.34 bits per heavy atom. The SMILES string of the molecule is C=C(CCSSC1CCC2(C)C(=CCC3C2CCC2(C)C(CCCC(CC)C(C)C)CCC32)C1)N(CCCCCCCC(C)N)CCC(C)N. The van der Waals surface area contributed by atoms with Gasteiger partial charge in [-0.1, -0.05) is 119 Å². The van der Waals surface area contributed by atoms with Crippen molar-refractivity contribution >= 4 is 21.6 Å². The third-order valence-corrected chi connectivity index (χ3v) is 17.8. The summed E-state index contributed by atoms with van der Waals surface area (Å²) in [4.78, 5) is 2.56. The van der Waals surface area contributed by atoms with Crippen LogP contribution < -0.4 is 11.5 Å². The van der Waals surface area contributed by atoms with Gasteiger partial charge in [-0.05, 0) is 144 Å². The van der Waals surface area contributed by atoms with E-state index in [4.69, 9.17) is 11.5 Å². The third kappa shape index (κ3) is 11.5. The zero-order valence-electron chi connectivity index (χ0n) is 34.2. The fourth-order valence-electron chi connectivity index (χ4n) is 11.5. The largest absolute Gasteiger partial charge is 0.375 e. The molecule has 0 heterocycles. The van der Waals surface area contributed by atoms with E-state index in [9.17, 15) is 0 Å². The van der Waals surface area contributed by atoms with Crippen molar-refractivity contribution in [2.45, 2.75) is 194 Å². The Morgan fingerprint density at radius 2 is 1.62 bits per heavy atom. The van der Waals surface area contributed by atoms with Crippen molar-refractivity contribution < 1.29 is 0 Å². The first-order chi connectivity index (χ1) is 23.9. The van der Waals surface area contributed by atoms with Crippen molar-refractivity contribution in [1.82, 2.24) is 4.90 Å². The molecular weight excluding hydrogens is 647 g/mol. The molecule has 0 aliphatic heterocycles. The van der Waals surface area contributed by atoms with Crippen molar-refractivity contribution in [2.75, 3.05) is 18.8 Å². The topological polar surface area (TPSA) is 55.3 Å². The van der Waals surface area contributed by atoms with Crippen molar-refractivity contribution in [1.29, 1.82) is 0 Å². The molecule has 0 aromatic carbocycles. The van der Waals surface area contributed by atoms with Crippen LogP contribution in [-0.2, 0) is 0 Å². The molecule has 3 saturated carbocycles. The normalized spacial score (nSPS) is 32.5. The van der Waals surface area contributed by atoms with E-state index >= 15 is 0 Å². The quantitative estimate of drug-likeness (QED) is 0.0623. The second-order valence-electron chi connectivity index (χ2n) is 18.8. The second kappa shape index (κ2) is 20.5. The average Bonchev–Trinajstić information content (AvgIpc) is 3.41. The van der Waals surface area contributed by atoms with E-state index in [2.05, 4.69) is 87.6 Å². The summed E-state index contributed by atoms with van der Waals surface area (Å²) in [5.74, 6) is 6.78. The summed E-state index contributed by atoms with van der Waals surface area (Å²) in [5.41, 5.74) is 16.3. The van der Waals surface area contributed by atoms with Crippen LogP contribution in [0.25, 0.3) is 0 Å². The summed E-state index contributed by atoms with van der Waals surface area (Å²) in [6.45, 7) is 23.7. The van der Waals surface area contributed by atoms with Gasteiger partial charge < -0.3 is 16.4 Å². The molecule has 0 aromatic rings. The minimum Gasteiger partial charge on any atom is -0.375 e. The maximum absolute atomic E-state index is 6.16. The predicted molar refractivity (Wildman–Crippen MR) is 226 cm³/mol. The molecule has 0 spiro atoms. The van der Waals surface area contributed by atoms with Crippen molar-refractivity contribution in [2.24, 2.45) is 57.8 Å². The van der Waals surface area contributed by atoms with Crippen LogP contribution in [0.4, 0.5) is 0 Å². The van der Waals surface area contributed by atoms with E-state index in [1.54, 1.807) is 0 Å². The fraction of sp³-hybridized carbons (Fsp3) is 0.911. The van der Waals surface area contributed by atoms with Crippen LogP contribution in [0.2, 0.25) is 0 Å². The fourth-order valence-corrected chi connectivity index (χ4v) is 14.2. The van der Waals surface area contributed by atoms with Gasteiger partial charge in [0.15, 0.2) is 0 Å². The molecule has 0 aromatic heterocycles. The highest BCUT2D eigenvalue weighted by atomic mass is 33.1. The Bertz CT molecular complexity index is 1040. The summed E-state index contributed by atoms with van der Waals surface area (Å²) < 4.78 is 0.